The van der Waals surface area contributed by atoms with Crippen molar-refractivity contribution in [2.24, 2.45) is 12.5 Å². The van der Waals surface area contributed by atoms with E-state index in [9.17, 15) is 9.59 Å². The Hall–Kier alpha value is -4.68. The zero-order valence-electron chi connectivity index (χ0n) is 23.6. The van der Waals surface area contributed by atoms with Crippen molar-refractivity contribution in [1.82, 2.24) is 29.3 Å². The van der Waals surface area contributed by atoms with Crippen molar-refractivity contribution in [2.75, 3.05) is 6.54 Å². The number of amides is 2. The molecule has 1 N–H and O–H groups in total. The van der Waals surface area contributed by atoms with Gasteiger partial charge in [-0.15, -0.1) is 0 Å². The van der Waals surface area contributed by atoms with Crippen LogP contribution >= 0.6 is 0 Å². The van der Waals surface area contributed by atoms with Gasteiger partial charge in [-0.1, -0.05) is 33.1 Å². The summed E-state index contributed by atoms with van der Waals surface area (Å²) in [6.45, 7) is 7.54. The van der Waals surface area contributed by atoms with Gasteiger partial charge in [-0.25, -0.2) is 9.97 Å². The molecule has 5 heterocycles. The number of imidazole rings is 1. The first-order valence-electron chi connectivity index (χ1n) is 14.1. The number of fused-ring (bicyclic) bond motifs is 3. The molecule has 0 spiro atoms. The monoisotopic (exact) mass is 787 g/mol. The summed E-state index contributed by atoms with van der Waals surface area (Å²) in [6.07, 6.45) is 5.90. The number of carbonyl (C=O) groups excluding carboxylic acids is 2. The van der Waals surface area contributed by atoms with Crippen LogP contribution in [0.2, 0.25) is 0 Å². The Morgan fingerprint density at radius 1 is 1.02 bits per heavy atom. The van der Waals surface area contributed by atoms with E-state index >= 15 is 0 Å². The maximum absolute atomic E-state index is 13.1. The number of nitrogens with one attached hydrogen (secondary N) is 1. The van der Waals surface area contributed by atoms with Crippen LogP contribution in [0.4, 0.5) is 0 Å². The predicted molar refractivity (Wildman–Crippen MR) is 153 cm³/mol. The molecule has 219 valence electrons. The summed E-state index contributed by atoms with van der Waals surface area (Å²) in [5.74, 6) is 0.886. The van der Waals surface area contributed by atoms with E-state index < -0.39 is 5.41 Å². The van der Waals surface area contributed by atoms with Crippen LogP contribution in [0.1, 0.15) is 80.5 Å². The molecule has 0 saturated heterocycles. The topological polar surface area (TPSA) is 85.1 Å². The Balaban J connectivity index is 0.00000323. The second-order valence-corrected chi connectivity index (χ2v) is 11.9. The van der Waals surface area contributed by atoms with E-state index in [1.807, 2.05) is 40.0 Å². The van der Waals surface area contributed by atoms with Gasteiger partial charge in [0, 0.05) is 30.0 Å². The van der Waals surface area contributed by atoms with Crippen molar-refractivity contribution >= 4 is 33.9 Å². The number of pyridine rings is 1. The van der Waals surface area contributed by atoms with Crippen molar-refractivity contribution in [3.8, 4) is 11.5 Å². The Morgan fingerprint density at radius 3 is 2.60 bits per heavy atom. The van der Waals surface area contributed by atoms with Gasteiger partial charge in [0.15, 0.2) is 5.82 Å². The van der Waals surface area contributed by atoms with Crippen molar-refractivity contribution in [3.63, 3.8) is 0 Å². The summed E-state index contributed by atoms with van der Waals surface area (Å²) in [6, 6.07) is 10.1. The number of benzene rings is 1. The van der Waals surface area contributed by atoms with Crippen molar-refractivity contribution < 1.29 is 9.59 Å². The number of rotatable bonds is 1. The SMILES string of the molecule is [CH2-]N1CCc2cc3c(cc2C1=O)nc(-c1cc2ccc4nc2n1CCCCCCC(C)(C)C(=O)N[C@@H]4C)n3C.[Lr]. The summed E-state index contributed by atoms with van der Waals surface area (Å²) in [5.41, 5.74) is 5.95. The largest absolute Gasteiger partial charge is 0.491 e. The minimum absolute atomic E-state index is 0. The van der Waals surface area contributed by atoms with Crippen LogP contribution in [0.5, 0.6) is 0 Å². The molecule has 1 radical (unpaired) electrons. The zero-order chi connectivity index (χ0) is 27.5. The average molecular weight is 788 g/mol. The summed E-state index contributed by atoms with van der Waals surface area (Å²) in [5, 5.41) is 4.25. The maximum Gasteiger partial charge on any atom is 0.226 e. The van der Waals surface area contributed by atoms with E-state index in [4.69, 9.17) is 9.97 Å². The number of hydrogen-bond acceptors (Lipinski definition) is 4. The van der Waals surface area contributed by atoms with Gasteiger partial charge in [0.2, 0.25) is 11.8 Å². The van der Waals surface area contributed by atoms with Crippen molar-refractivity contribution in [3.05, 3.63) is 54.2 Å². The molecule has 4 aromatic rings. The minimum atomic E-state index is -0.397. The van der Waals surface area contributed by atoms with Crippen molar-refractivity contribution in [2.45, 2.75) is 71.9 Å². The smallest absolute Gasteiger partial charge is 0.226 e. The maximum atomic E-state index is 13.1. The molecule has 6 rings (SSSR count). The molecule has 2 amide bonds. The zero-order valence-corrected chi connectivity index (χ0v) is 25.8. The van der Waals surface area contributed by atoms with E-state index in [0.29, 0.717) is 12.1 Å². The Bertz CT molecular complexity index is 1620. The van der Waals surface area contributed by atoms with Gasteiger partial charge < -0.3 is 19.4 Å². The van der Waals surface area contributed by atoms with E-state index in [2.05, 4.69) is 39.7 Å². The van der Waals surface area contributed by atoms with Crippen LogP contribution in [-0.2, 0) is 24.8 Å². The minimum Gasteiger partial charge on any atom is -0.491 e. The van der Waals surface area contributed by atoms with Crippen LogP contribution in [0, 0.1) is 12.5 Å². The fourth-order valence-corrected chi connectivity index (χ4v) is 6.01. The first kappa shape index (κ1) is 26.9. The Labute approximate surface area is 229 Å². The Morgan fingerprint density at radius 2 is 1.80 bits per heavy atom. The molecule has 0 fully saturated rings. The standard InChI is InChI=1S/C31H37N6O2.Lr/c1-19-23-11-10-21-17-26(37(27(21)33-23)14-9-7-6-8-13-31(2,3)30(39)32-19)28-34-24-18-22-20(16-25(24)36(28)5)12-15-35(4)29(22)38;/h10-11,16-19H,4,6-9,12-15H2,1-3,5H3,(H,32,39);/q-1;/t19-;/m1./s1. The van der Waals surface area contributed by atoms with Gasteiger partial charge in [0.25, 0.3) is 0 Å². The molecule has 0 unspecified atom stereocenters. The van der Waals surface area contributed by atoms with E-state index in [-0.39, 0.29) is 17.9 Å². The van der Waals surface area contributed by atoms with Gasteiger partial charge in [-0.05, 0) is 68.6 Å². The molecule has 0 aliphatic carbocycles. The fourth-order valence-electron chi connectivity index (χ4n) is 6.01. The fraction of sp³-hybridized carbons (Fsp3) is 0.452. The molecule has 9 heteroatoms. The molecular formula is C31H37LrN6O2-. The summed E-state index contributed by atoms with van der Waals surface area (Å²) in [7, 11) is 5.92. The second kappa shape index (κ2) is 9.81. The number of hydrogen-bond donors (Lipinski definition) is 1. The third-order valence-corrected chi connectivity index (χ3v) is 8.61. The third-order valence-electron chi connectivity index (χ3n) is 8.61. The molecule has 3 aromatic heterocycles. The molecule has 1 atom stereocenters. The summed E-state index contributed by atoms with van der Waals surface area (Å²) >= 11 is 0. The van der Waals surface area contributed by atoms with Gasteiger partial charge in [0.05, 0.1) is 28.5 Å². The average Bonchev–Trinajstić information content (AvgIpc) is 3.43. The quantitative estimate of drug-likeness (QED) is 0.257. The molecule has 40 heavy (non-hydrogen) atoms. The van der Waals surface area contributed by atoms with Crippen molar-refractivity contribution in [1.29, 1.82) is 0 Å². The van der Waals surface area contributed by atoms with Crippen LogP contribution < -0.4 is 5.32 Å². The second-order valence-electron chi connectivity index (χ2n) is 11.9. The normalized spacial score (nSPS) is 19.8. The van der Waals surface area contributed by atoms with E-state index in [1.54, 1.807) is 0 Å². The number of aromatic nitrogens is 4. The van der Waals surface area contributed by atoms with Crippen LogP contribution in [0.25, 0.3) is 33.6 Å². The molecule has 2 aliphatic heterocycles. The van der Waals surface area contributed by atoms with Gasteiger partial charge in [-0.3, -0.25) is 16.6 Å². The first-order chi connectivity index (χ1) is 18.6. The molecule has 2 bridgehead atoms. The molecule has 8 nitrogen and oxygen atoms in total. The van der Waals surface area contributed by atoms with Crippen LogP contribution in [0.3, 0.4) is 0 Å². The predicted octanol–water partition coefficient (Wildman–Crippen LogP) is 5.55. The molecule has 2 aliphatic rings. The molecule has 0 saturated carbocycles. The number of carbonyl (C=O) groups is 2. The Kier molecular flexibility index (Phi) is 6.60. The van der Waals surface area contributed by atoms with E-state index in [1.165, 1.54) is 4.90 Å². The van der Waals surface area contributed by atoms with E-state index in [0.717, 1.165) is 89.9 Å². The van der Waals surface area contributed by atoms with Crippen LogP contribution in [-0.4, -0.2) is 42.4 Å². The summed E-state index contributed by atoms with van der Waals surface area (Å²) in [4.78, 5) is 37.4. The molecule has 1 aromatic carbocycles. The van der Waals surface area contributed by atoms with Gasteiger partial charge in [-0.2, -0.15) is 0 Å². The number of aryl methyl sites for hydroxylation is 2. The van der Waals surface area contributed by atoms with Gasteiger partial charge >= 0.3 is 0 Å². The van der Waals surface area contributed by atoms with Gasteiger partial charge in [0.1, 0.15) is 5.65 Å². The number of nitrogens with zero attached hydrogens (tertiary/aromatic N) is 5. The summed E-state index contributed by atoms with van der Waals surface area (Å²) < 4.78 is 4.42. The first-order valence-corrected chi connectivity index (χ1v) is 14.1. The molecular weight excluding hydrogens is 750 g/mol. The van der Waals surface area contributed by atoms with Crippen LogP contribution in [0.15, 0.2) is 30.3 Å². The third kappa shape index (κ3) is 4.36.